The van der Waals surface area contributed by atoms with Crippen molar-refractivity contribution in [2.24, 2.45) is 17.8 Å². The molecule has 4 atom stereocenters. The maximum Gasteiger partial charge on any atom is 0.462 e. The van der Waals surface area contributed by atoms with Gasteiger partial charge in [-0.2, -0.15) is 0 Å². The second kappa shape index (κ2) is 4.85. The number of fused-ring (bicyclic) bond motifs is 2. The summed E-state index contributed by atoms with van der Waals surface area (Å²) in [7, 11) is -0.329. The van der Waals surface area contributed by atoms with Crippen molar-refractivity contribution >= 4 is 13.1 Å². The van der Waals surface area contributed by atoms with E-state index in [0.717, 1.165) is 6.42 Å². The Morgan fingerprint density at radius 1 is 1.19 bits per heavy atom. The number of ether oxygens (including phenoxy) is 1. The highest BCUT2D eigenvalue weighted by molar-refractivity contribution is 6.48. The van der Waals surface area contributed by atoms with Crippen molar-refractivity contribution in [3.63, 3.8) is 0 Å². The smallest absolute Gasteiger partial charge is 0.462 e. The quantitative estimate of drug-likeness (QED) is 0.456. The number of carbonyl (C=O) groups excluding carboxylic acids is 1. The number of esters is 1. The van der Waals surface area contributed by atoms with Crippen LogP contribution in [0.15, 0.2) is 12.2 Å². The molecule has 21 heavy (non-hydrogen) atoms. The molecule has 2 aliphatic carbocycles. The molecular weight excluding hydrogens is 267 g/mol. The Hall–Kier alpha value is -0.805. The van der Waals surface area contributed by atoms with Gasteiger partial charge in [-0.1, -0.05) is 12.2 Å². The fraction of sp³-hybridized carbons (Fsp3) is 0.812. The molecule has 0 aromatic rings. The lowest BCUT2D eigenvalue weighted by molar-refractivity contribution is -0.149. The van der Waals surface area contributed by atoms with Gasteiger partial charge >= 0.3 is 13.1 Å². The van der Waals surface area contributed by atoms with Gasteiger partial charge in [0.15, 0.2) is 0 Å². The molecule has 5 heteroatoms. The normalized spacial score (nSPS) is 39.0. The van der Waals surface area contributed by atoms with Crippen molar-refractivity contribution in [2.75, 3.05) is 6.61 Å². The van der Waals surface area contributed by atoms with Crippen LogP contribution in [-0.4, -0.2) is 30.9 Å². The van der Waals surface area contributed by atoms with Crippen LogP contribution in [0.4, 0.5) is 0 Å². The second-order valence-electron chi connectivity index (χ2n) is 7.43. The average Bonchev–Trinajstić information content (AvgIpc) is 3.01. The monoisotopic (exact) mass is 292 g/mol. The summed E-state index contributed by atoms with van der Waals surface area (Å²) in [6, 6.07) is 0. The van der Waals surface area contributed by atoms with Gasteiger partial charge in [-0.25, -0.2) is 0 Å². The van der Waals surface area contributed by atoms with Crippen molar-refractivity contribution in [1.82, 2.24) is 0 Å². The summed E-state index contributed by atoms with van der Waals surface area (Å²) < 4.78 is 17.7. The van der Waals surface area contributed by atoms with E-state index in [-0.39, 0.29) is 41.9 Å². The van der Waals surface area contributed by atoms with Gasteiger partial charge < -0.3 is 14.0 Å². The third-order valence-corrected chi connectivity index (χ3v) is 5.66. The lowest BCUT2D eigenvalue weighted by Crippen LogP contribution is -2.41. The van der Waals surface area contributed by atoms with Gasteiger partial charge in [0.25, 0.3) is 0 Å². The number of allylic oxidation sites excluding steroid dienone is 2. The molecule has 0 unspecified atom stereocenters. The first-order chi connectivity index (χ1) is 9.77. The highest BCUT2D eigenvalue weighted by Gasteiger charge is 2.61. The molecule has 1 aliphatic heterocycles. The van der Waals surface area contributed by atoms with Crippen LogP contribution in [-0.2, 0) is 18.8 Å². The van der Waals surface area contributed by atoms with E-state index in [0.29, 0.717) is 12.5 Å². The van der Waals surface area contributed by atoms with Gasteiger partial charge in [-0.15, -0.1) is 0 Å². The van der Waals surface area contributed by atoms with Crippen molar-refractivity contribution in [1.29, 1.82) is 0 Å². The van der Waals surface area contributed by atoms with Crippen LogP contribution in [0.1, 0.15) is 41.0 Å². The van der Waals surface area contributed by atoms with Gasteiger partial charge in [0.05, 0.1) is 23.7 Å². The third-order valence-electron chi connectivity index (χ3n) is 5.66. The molecule has 0 spiro atoms. The molecule has 0 amide bonds. The summed E-state index contributed by atoms with van der Waals surface area (Å²) in [4.78, 5) is 12.4. The van der Waals surface area contributed by atoms with Crippen LogP contribution in [0, 0.1) is 17.8 Å². The number of hydrogen-bond acceptors (Lipinski definition) is 4. The van der Waals surface area contributed by atoms with Crippen LogP contribution in [0.25, 0.3) is 0 Å². The van der Waals surface area contributed by atoms with Crippen molar-refractivity contribution < 1.29 is 18.8 Å². The Morgan fingerprint density at radius 2 is 1.76 bits per heavy atom. The summed E-state index contributed by atoms with van der Waals surface area (Å²) >= 11 is 0. The van der Waals surface area contributed by atoms with E-state index in [4.69, 9.17) is 14.0 Å². The zero-order valence-corrected chi connectivity index (χ0v) is 13.6. The number of hydrogen-bond donors (Lipinski definition) is 0. The highest BCUT2D eigenvalue weighted by Crippen LogP contribution is 2.56. The van der Waals surface area contributed by atoms with Crippen LogP contribution >= 0.6 is 0 Å². The molecule has 1 heterocycles. The molecule has 2 bridgehead atoms. The fourth-order valence-electron chi connectivity index (χ4n) is 3.85. The molecule has 116 valence electrons. The second-order valence-corrected chi connectivity index (χ2v) is 7.43. The van der Waals surface area contributed by atoms with Gasteiger partial charge in [-0.05, 0) is 52.9 Å². The Bertz CT molecular complexity index is 455. The van der Waals surface area contributed by atoms with E-state index in [9.17, 15) is 4.79 Å². The minimum Gasteiger partial charge on any atom is -0.466 e. The molecule has 1 saturated heterocycles. The lowest BCUT2D eigenvalue weighted by Gasteiger charge is -2.32. The van der Waals surface area contributed by atoms with E-state index in [1.54, 1.807) is 0 Å². The first-order valence-corrected chi connectivity index (χ1v) is 7.97. The zero-order valence-electron chi connectivity index (χ0n) is 13.6. The standard InChI is InChI=1S/C16H25BO4/c1-6-19-14(18)12-10-7-8-11(9-10)13(12)17-20-15(2,3)16(4,5)21-17/h7-8,10-13H,6,9H2,1-5H3/t10-,11+,12+,13+/m1/s1. The zero-order chi connectivity index (χ0) is 15.4. The van der Waals surface area contributed by atoms with Crippen LogP contribution in [0.5, 0.6) is 0 Å². The first kappa shape index (κ1) is 15.1. The van der Waals surface area contributed by atoms with Gasteiger partial charge in [0.1, 0.15) is 0 Å². The van der Waals surface area contributed by atoms with E-state index in [1.807, 2.05) is 6.92 Å². The highest BCUT2D eigenvalue weighted by atomic mass is 16.7. The lowest BCUT2D eigenvalue weighted by atomic mass is 9.60. The maximum atomic E-state index is 12.4. The van der Waals surface area contributed by atoms with E-state index in [2.05, 4.69) is 39.8 Å². The molecule has 1 saturated carbocycles. The number of rotatable bonds is 3. The van der Waals surface area contributed by atoms with Gasteiger partial charge in [-0.3, -0.25) is 4.79 Å². The Balaban J connectivity index is 1.84. The van der Waals surface area contributed by atoms with Crippen molar-refractivity contribution in [3.8, 4) is 0 Å². The molecular formula is C16H25BO4. The fourth-order valence-corrected chi connectivity index (χ4v) is 3.85. The van der Waals surface area contributed by atoms with Gasteiger partial charge in [0.2, 0.25) is 0 Å². The van der Waals surface area contributed by atoms with E-state index < -0.39 is 0 Å². The molecule has 3 rings (SSSR count). The minimum atomic E-state index is -0.359. The topological polar surface area (TPSA) is 44.8 Å². The molecule has 3 aliphatic rings. The van der Waals surface area contributed by atoms with Crippen molar-refractivity contribution in [2.45, 2.75) is 58.1 Å². The van der Waals surface area contributed by atoms with Crippen LogP contribution in [0.3, 0.4) is 0 Å². The molecule has 0 radical (unpaired) electrons. The predicted molar refractivity (Wildman–Crippen MR) is 80.7 cm³/mol. The van der Waals surface area contributed by atoms with Crippen molar-refractivity contribution in [3.05, 3.63) is 12.2 Å². The molecule has 0 aromatic carbocycles. The summed E-state index contributed by atoms with van der Waals surface area (Å²) in [5, 5.41) is 0. The van der Waals surface area contributed by atoms with Crippen LogP contribution < -0.4 is 0 Å². The SMILES string of the molecule is CCOC(=O)[C@@H]1[C@@H](B2OC(C)(C)C(C)(C)O2)[C@H]2C=C[C@@H]1C2. The Morgan fingerprint density at radius 3 is 2.33 bits per heavy atom. The summed E-state index contributed by atoms with van der Waals surface area (Å²) in [6.45, 7) is 10.5. The Labute approximate surface area is 127 Å². The minimum absolute atomic E-state index is 0.0695. The molecule has 2 fully saturated rings. The predicted octanol–water partition coefficient (Wildman–Crippen LogP) is 2.83. The van der Waals surface area contributed by atoms with E-state index in [1.165, 1.54) is 0 Å². The molecule has 0 N–H and O–H groups in total. The summed E-state index contributed by atoms with van der Waals surface area (Å²) in [5.74, 6) is 0.473. The first-order valence-electron chi connectivity index (χ1n) is 7.97. The summed E-state index contributed by atoms with van der Waals surface area (Å²) in [5.41, 5.74) is -0.717. The van der Waals surface area contributed by atoms with E-state index >= 15 is 0 Å². The number of carbonyl (C=O) groups is 1. The third kappa shape index (κ3) is 2.25. The average molecular weight is 292 g/mol. The summed E-state index contributed by atoms with van der Waals surface area (Å²) in [6.07, 6.45) is 5.39. The Kier molecular flexibility index (Phi) is 3.49. The molecule has 4 nitrogen and oxygen atoms in total. The van der Waals surface area contributed by atoms with Crippen LogP contribution in [0.2, 0.25) is 5.82 Å². The largest absolute Gasteiger partial charge is 0.466 e. The maximum absolute atomic E-state index is 12.4. The molecule has 0 aromatic heterocycles. The van der Waals surface area contributed by atoms with Gasteiger partial charge in [0, 0.05) is 5.82 Å².